The number of nitrogens with zero attached hydrogens (tertiary/aromatic N) is 4. The topological polar surface area (TPSA) is 61.4 Å². The minimum Gasteiger partial charge on any atom is -0.353 e. The highest BCUT2D eigenvalue weighted by atomic mass is 79.9. The van der Waals surface area contributed by atoms with Crippen LogP contribution in [0.25, 0.3) is 10.9 Å². The molecule has 7 heteroatoms. The molecular weight excluding hydrogens is 382 g/mol. The molecule has 0 spiro atoms. The van der Waals surface area contributed by atoms with Gasteiger partial charge in [-0.1, -0.05) is 15.9 Å². The number of amides is 1. The number of carbonyl (C=O) groups excluding carboxylic acids is 1. The van der Waals surface area contributed by atoms with Crippen molar-refractivity contribution in [3.63, 3.8) is 0 Å². The molecule has 1 amide bonds. The average molecular weight is 406 g/mol. The second-order valence-corrected chi connectivity index (χ2v) is 7.65. The van der Waals surface area contributed by atoms with Crippen LogP contribution in [0.4, 0.5) is 5.95 Å². The molecule has 2 aromatic rings. The first-order valence-electron chi connectivity index (χ1n) is 8.65. The van der Waals surface area contributed by atoms with Gasteiger partial charge in [-0.15, -0.1) is 0 Å². The van der Waals surface area contributed by atoms with Gasteiger partial charge in [0.2, 0.25) is 11.9 Å². The molecule has 0 aliphatic carbocycles. The zero-order chi connectivity index (χ0) is 18.0. The fraction of sp³-hybridized carbons (Fsp3) is 0.500. The molecular formula is C18H24BrN5O. The Bertz CT molecular complexity index is 758. The summed E-state index contributed by atoms with van der Waals surface area (Å²) in [6.07, 6.45) is 1.87. The maximum absolute atomic E-state index is 12.2. The van der Waals surface area contributed by atoms with Crippen molar-refractivity contribution >= 4 is 38.7 Å². The number of piperazine rings is 1. The Labute approximate surface area is 156 Å². The minimum atomic E-state index is -0.112. The molecule has 1 fully saturated rings. The molecule has 0 saturated carbocycles. The standard InChI is InChI=1S/C18H24BrN5O/c1-12(2)21-17(25)13(3)23-6-8-24(9-7-23)18-20-11-14-10-15(19)4-5-16(14)22-18/h4-5,10-13H,6-9H2,1-3H3,(H,21,25). The summed E-state index contributed by atoms with van der Waals surface area (Å²) in [6, 6.07) is 6.07. The Morgan fingerprint density at radius 3 is 2.60 bits per heavy atom. The van der Waals surface area contributed by atoms with E-state index in [1.54, 1.807) is 0 Å². The molecule has 1 unspecified atom stereocenters. The van der Waals surface area contributed by atoms with E-state index >= 15 is 0 Å². The SMILES string of the molecule is CC(C)NC(=O)C(C)N1CCN(c2ncc3cc(Br)ccc3n2)CC1. The van der Waals surface area contributed by atoms with Gasteiger partial charge in [0.1, 0.15) is 0 Å². The van der Waals surface area contributed by atoms with Gasteiger partial charge in [-0.25, -0.2) is 9.97 Å². The number of aromatic nitrogens is 2. The van der Waals surface area contributed by atoms with Crippen LogP contribution >= 0.6 is 15.9 Å². The Balaban J connectivity index is 1.64. The lowest BCUT2D eigenvalue weighted by atomic mass is 10.2. The fourth-order valence-corrected chi connectivity index (χ4v) is 3.41. The van der Waals surface area contributed by atoms with Crippen LogP contribution in [-0.4, -0.2) is 59.0 Å². The van der Waals surface area contributed by atoms with Gasteiger partial charge in [0.15, 0.2) is 0 Å². The van der Waals surface area contributed by atoms with E-state index in [1.807, 2.05) is 45.2 Å². The second kappa shape index (κ2) is 7.66. The summed E-state index contributed by atoms with van der Waals surface area (Å²) >= 11 is 3.47. The Morgan fingerprint density at radius 2 is 1.92 bits per heavy atom. The van der Waals surface area contributed by atoms with Gasteiger partial charge in [-0.2, -0.15) is 0 Å². The first kappa shape index (κ1) is 18.1. The molecule has 2 heterocycles. The Kier molecular flexibility index (Phi) is 5.54. The highest BCUT2D eigenvalue weighted by Crippen LogP contribution is 2.20. The third kappa shape index (κ3) is 4.27. The number of hydrogen-bond acceptors (Lipinski definition) is 5. The molecule has 1 saturated heterocycles. The van der Waals surface area contributed by atoms with Crippen molar-refractivity contribution in [1.82, 2.24) is 20.2 Å². The second-order valence-electron chi connectivity index (χ2n) is 6.74. The van der Waals surface area contributed by atoms with E-state index in [9.17, 15) is 4.79 Å². The van der Waals surface area contributed by atoms with Crippen LogP contribution in [0.5, 0.6) is 0 Å². The highest BCUT2D eigenvalue weighted by molar-refractivity contribution is 9.10. The van der Waals surface area contributed by atoms with Crippen molar-refractivity contribution < 1.29 is 4.79 Å². The first-order valence-corrected chi connectivity index (χ1v) is 9.45. The summed E-state index contributed by atoms with van der Waals surface area (Å²) in [4.78, 5) is 25.8. The maximum atomic E-state index is 12.2. The van der Waals surface area contributed by atoms with Gasteiger partial charge < -0.3 is 10.2 Å². The predicted molar refractivity (Wildman–Crippen MR) is 104 cm³/mol. The van der Waals surface area contributed by atoms with Gasteiger partial charge in [-0.05, 0) is 39.0 Å². The first-order chi connectivity index (χ1) is 11.9. The van der Waals surface area contributed by atoms with Crippen LogP contribution in [0.1, 0.15) is 20.8 Å². The van der Waals surface area contributed by atoms with Gasteiger partial charge in [0.25, 0.3) is 0 Å². The van der Waals surface area contributed by atoms with E-state index in [0.717, 1.165) is 47.5 Å². The molecule has 6 nitrogen and oxygen atoms in total. The van der Waals surface area contributed by atoms with Crippen molar-refractivity contribution in [3.8, 4) is 0 Å². The number of nitrogens with one attached hydrogen (secondary N) is 1. The third-order valence-corrected chi connectivity index (χ3v) is 4.98. The zero-order valence-corrected chi connectivity index (χ0v) is 16.5. The predicted octanol–water partition coefficient (Wildman–Crippen LogP) is 2.43. The van der Waals surface area contributed by atoms with Crippen LogP contribution < -0.4 is 10.2 Å². The molecule has 1 aromatic carbocycles. The van der Waals surface area contributed by atoms with E-state index in [2.05, 4.69) is 41.0 Å². The lowest BCUT2D eigenvalue weighted by molar-refractivity contribution is -0.126. The molecule has 1 atom stereocenters. The van der Waals surface area contributed by atoms with Crippen molar-refractivity contribution in [2.75, 3.05) is 31.1 Å². The molecule has 1 aliphatic rings. The number of benzene rings is 1. The zero-order valence-electron chi connectivity index (χ0n) is 14.9. The molecule has 3 rings (SSSR count). The van der Waals surface area contributed by atoms with E-state index < -0.39 is 0 Å². The van der Waals surface area contributed by atoms with Crippen LogP contribution in [-0.2, 0) is 4.79 Å². The van der Waals surface area contributed by atoms with E-state index in [0.29, 0.717) is 0 Å². The molecule has 1 aliphatic heterocycles. The number of fused-ring (bicyclic) bond motifs is 1. The van der Waals surface area contributed by atoms with E-state index in [-0.39, 0.29) is 18.0 Å². The van der Waals surface area contributed by atoms with Gasteiger partial charge in [0, 0.05) is 48.3 Å². The summed E-state index contributed by atoms with van der Waals surface area (Å²) in [6.45, 7) is 9.24. The van der Waals surface area contributed by atoms with Crippen molar-refractivity contribution in [2.45, 2.75) is 32.9 Å². The van der Waals surface area contributed by atoms with Crippen molar-refractivity contribution in [2.24, 2.45) is 0 Å². The van der Waals surface area contributed by atoms with Crippen LogP contribution in [0.15, 0.2) is 28.9 Å². The summed E-state index contributed by atoms with van der Waals surface area (Å²) < 4.78 is 1.03. The van der Waals surface area contributed by atoms with Gasteiger partial charge >= 0.3 is 0 Å². The Hall–Kier alpha value is -1.73. The average Bonchev–Trinajstić information content (AvgIpc) is 2.60. The van der Waals surface area contributed by atoms with E-state index in [1.165, 1.54) is 0 Å². The summed E-state index contributed by atoms with van der Waals surface area (Å²) in [5.41, 5.74) is 0.945. The third-order valence-electron chi connectivity index (χ3n) is 4.48. The monoisotopic (exact) mass is 405 g/mol. The normalized spacial score (nSPS) is 17.1. The lowest BCUT2D eigenvalue weighted by Crippen LogP contribution is -2.54. The number of anilines is 1. The quantitative estimate of drug-likeness (QED) is 0.845. The molecule has 25 heavy (non-hydrogen) atoms. The fourth-order valence-electron chi connectivity index (χ4n) is 3.03. The number of hydrogen-bond donors (Lipinski definition) is 1. The van der Waals surface area contributed by atoms with Gasteiger partial charge in [0.05, 0.1) is 11.6 Å². The molecule has 0 bridgehead atoms. The number of rotatable bonds is 4. The number of halogens is 1. The largest absolute Gasteiger partial charge is 0.353 e. The Morgan fingerprint density at radius 1 is 1.20 bits per heavy atom. The molecule has 134 valence electrons. The molecule has 0 radical (unpaired) electrons. The lowest BCUT2D eigenvalue weighted by Gasteiger charge is -2.37. The smallest absolute Gasteiger partial charge is 0.237 e. The highest BCUT2D eigenvalue weighted by Gasteiger charge is 2.26. The van der Waals surface area contributed by atoms with Crippen LogP contribution in [0.3, 0.4) is 0 Å². The van der Waals surface area contributed by atoms with E-state index in [4.69, 9.17) is 0 Å². The van der Waals surface area contributed by atoms with Crippen LogP contribution in [0.2, 0.25) is 0 Å². The van der Waals surface area contributed by atoms with Crippen molar-refractivity contribution in [1.29, 1.82) is 0 Å². The number of carbonyl (C=O) groups is 1. The molecule has 1 aromatic heterocycles. The summed E-state index contributed by atoms with van der Waals surface area (Å²) in [5.74, 6) is 0.852. The maximum Gasteiger partial charge on any atom is 0.237 e. The summed E-state index contributed by atoms with van der Waals surface area (Å²) in [5, 5.41) is 4.01. The molecule has 1 N–H and O–H groups in total. The minimum absolute atomic E-state index is 0.0935. The van der Waals surface area contributed by atoms with Crippen molar-refractivity contribution in [3.05, 3.63) is 28.9 Å². The summed E-state index contributed by atoms with van der Waals surface area (Å²) in [7, 11) is 0. The van der Waals surface area contributed by atoms with Gasteiger partial charge in [-0.3, -0.25) is 9.69 Å². The van der Waals surface area contributed by atoms with Crippen LogP contribution in [0, 0.1) is 0 Å².